The average Bonchev–Trinajstić information content (AvgIpc) is 2.36. The molecule has 0 saturated carbocycles. The van der Waals surface area contributed by atoms with Gasteiger partial charge in [0.2, 0.25) is 0 Å². The van der Waals surface area contributed by atoms with E-state index in [0.29, 0.717) is 12.1 Å². The molecule has 0 saturated heterocycles. The smallest absolute Gasteiger partial charge is 0.156 e. The summed E-state index contributed by atoms with van der Waals surface area (Å²) in [6, 6.07) is 7.31. The third kappa shape index (κ3) is 3.84. The second kappa shape index (κ2) is 5.76. The molecule has 0 fully saturated rings. The third-order valence-corrected chi connectivity index (χ3v) is 3.22. The second-order valence-electron chi connectivity index (χ2n) is 5.82. The van der Waals surface area contributed by atoms with Crippen LogP contribution in [0.3, 0.4) is 0 Å². The van der Waals surface area contributed by atoms with E-state index in [1.165, 1.54) is 0 Å². The van der Waals surface area contributed by atoms with Gasteiger partial charge in [0.1, 0.15) is 0 Å². The van der Waals surface area contributed by atoms with Crippen molar-refractivity contribution in [2.24, 2.45) is 10.5 Å². The Morgan fingerprint density at radius 2 is 1.90 bits per heavy atom. The SMILES string of the molecule is CC1(C)CC(=O)C=C(/C=C/c2ccc(N=[N+]=[N-])cc2)C1. The first-order valence-corrected chi connectivity index (χ1v) is 6.55. The van der Waals surface area contributed by atoms with Gasteiger partial charge < -0.3 is 0 Å². The van der Waals surface area contributed by atoms with E-state index < -0.39 is 0 Å². The highest BCUT2D eigenvalue weighted by molar-refractivity contribution is 5.92. The zero-order valence-corrected chi connectivity index (χ0v) is 11.7. The van der Waals surface area contributed by atoms with Gasteiger partial charge in [0.25, 0.3) is 0 Å². The van der Waals surface area contributed by atoms with E-state index in [2.05, 4.69) is 23.9 Å². The van der Waals surface area contributed by atoms with Crippen molar-refractivity contribution in [2.45, 2.75) is 26.7 Å². The molecule has 4 nitrogen and oxygen atoms in total. The molecule has 0 unspecified atom stereocenters. The number of carbonyl (C=O) groups excluding carboxylic acids is 1. The molecule has 0 N–H and O–H groups in total. The van der Waals surface area contributed by atoms with Gasteiger partial charge in [-0.15, -0.1) is 0 Å². The van der Waals surface area contributed by atoms with Gasteiger partial charge in [0, 0.05) is 17.0 Å². The molecule has 0 aromatic heterocycles. The van der Waals surface area contributed by atoms with Gasteiger partial charge >= 0.3 is 0 Å². The monoisotopic (exact) mass is 267 g/mol. The van der Waals surface area contributed by atoms with Crippen LogP contribution in [0.1, 0.15) is 32.3 Å². The lowest BCUT2D eigenvalue weighted by atomic mass is 9.77. The number of hydrogen-bond acceptors (Lipinski definition) is 2. The molecule has 1 aromatic carbocycles. The molecule has 1 aliphatic rings. The van der Waals surface area contributed by atoms with Gasteiger partial charge in [0.15, 0.2) is 5.78 Å². The van der Waals surface area contributed by atoms with Gasteiger partial charge in [0.05, 0.1) is 0 Å². The van der Waals surface area contributed by atoms with E-state index in [4.69, 9.17) is 5.53 Å². The summed E-state index contributed by atoms with van der Waals surface area (Å²) in [5, 5.41) is 3.53. The highest BCUT2D eigenvalue weighted by Gasteiger charge is 2.26. The summed E-state index contributed by atoms with van der Waals surface area (Å²) in [4.78, 5) is 14.4. The number of allylic oxidation sites excluding steroid dienone is 3. The van der Waals surface area contributed by atoms with Crippen molar-refractivity contribution in [3.05, 3.63) is 58.0 Å². The fourth-order valence-electron chi connectivity index (χ4n) is 2.41. The number of nitrogens with zero attached hydrogens (tertiary/aromatic N) is 3. The minimum Gasteiger partial charge on any atom is -0.295 e. The lowest BCUT2D eigenvalue weighted by Crippen LogP contribution is -2.21. The Balaban J connectivity index is 2.13. The van der Waals surface area contributed by atoms with Gasteiger partial charge in [-0.05, 0) is 34.6 Å². The zero-order chi connectivity index (χ0) is 14.6. The Bertz CT molecular complexity index is 618. The van der Waals surface area contributed by atoms with Crippen molar-refractivity contribution in [1.29, 1.82) is 0 Å². The van der Waals surface area contributed by atoms with E-state index in [9.17, 15) is 4.79 Å². The number of azide groups is 1. The fraction of sp³-hybridized carbons (Fsp3) is 0.312. The van der Waals surface area contributed by atoms with Crippen LogP contribution in [0.2, 0.25) is 0 Å². The number of benzene rings is 1. The quantitative estimate of drug-likeness (QED) is 0.433. The van der Waals surface area contributed by atoms with E-state index in [-0.39, 0.29) is 11.2 Å². The first-order chi connectivity index (χ1) is 9.48. The van der Waals surface area contributed by atoms with Crippen LogP contribution in [-0.4, -0.2) is 5.78 Å². The van der Waals surface area contributed by atoms with Crippen LogP contribution in [0.25, 0.3) is 16.5 Å². The fourth-order valence-corrected chi connectivity index (χ4v) is 2.41. The average molecular weight is 267 g/mol. The molecular weight excluding hydrogens is 250 g/mol. The van der Waals surface area contributed by atoms with Crippen LogP contribution in [0.5, 0.6) is 0 Å². The Kier molecular flexibility index (Phi) is 4.06. The summed E-state index contributed by atoms with van der Waals surface area (Å²) in [6.07, 6.45) is 7.22. The number of hydrogen-bond donors (Lipinski definition) is 0. The first-order valence-electron chi connectivity index (χ1n) is 6.55. The summed E-state index contributed by atoms with van der Waals surface area (Å²) in [7, 11) is 0. The maximum Gasteiger partial charge on any atom is 0.156 e. The molecule has 20 heavy (non-hydrogen) atoms. The molecule has 4 heteroatoms. The molecule has 0 bridgehead atoms. The summed E-state index contributed by atoms with van der Waals surface area (Å²) in [5.41, 5.74) is 11.0. The highest BCUT2D eigenvalue weighted by atomic mass is 16.1. The van der Waals surface area contributed by atoms with E-state index in [1.807, 2.05) is 24.3 Å². The van der Waals surface area contributed by atoms with Crippen LogP contribution in [-0.2, 0) is 4.79 Å². The molecule has 0 atom stereocenters. The van der Waals surface area contributed by atoms with E-state index in [0.717, 1.165) is 17.6 Å². The Hall–Kier alpha value is -2.32. The first kappa shape index (κ1) is 14.1. The minimum absolute atomic E-state index is 0.0386. The van der Waals surface area contributed by atoms with Crippen LogP contribution in [0.4, 0.5) is 5.69 Å². The van der Waals surface area contributed by atoms with Crippen LogP contribution in [0, 0.1) is 5.41 Å². The van der Waals surface area contributed by atoms with Gasteiger partial charge in [-0.2, -0.15) is 0 Å². The van der Waals surface area contributed by atoms with E-state index >= 15 is 0 Å². The zero-order valence-electron chi connectivity index (χ0n) is 11.7. The summed E-state index contributed by atoms with van der Waals surface area (Å²) >= 11 is 0. The van der Waals surface area contributed by atoms with Crippen molar-refractivity contribution >= 4 is 17.5 Å². The van der Waals surface area contributed by atoms with Crippen LogP contribution < -0.4 is 0 Å². The topological polar surface area (TPSA) is 65.8 Å². The Morgan fingerprint density at radius 3 is 2.50 bits per heavy atom. The second-order valence-corrected chi connectivity index (χ2v) is 5.82. The van der Waals surface area contributed by atoms with Gasteiger partial charge in [-0.25, -0.2) is 0 Å². The molecule has 1 aliphatic carbocycles. The molecule has 2 rings (SSSR count). The summed E-state index contributed by atoms with van der Waals surface area (Å²) < 4.78 is 0. The molecule has 1 aromatic rings. The van der Waals surface area contributed by atoms with Gasteiger partial charge in [-0.3, -0.25) is 4.79 Å². The van der Waals surface area contributed by atoms with Crippen molar-refractivity contribution in [2.75, 3.05) is 0 Å². The number of carbonyl (C=O) groups is 1. The molecular formula is C16H17N3O. The molecule has 0 heterocycles. The summed E-state index contributed by atoms with van der Waals surface area (Å²) in [6.45, 7) is 4.22. The maximum atomic E-state index is 11.7. The van der Waals surface area contributed by atoms with Crippen LogP contribution >= 0.6 is 0 Å². The maximum absolute atomic E-state index is 11.7. The predicted octanol–water partition coefficient (Wildman–Crippen LogP) is 4.96. The summed E-state index contributed by atoms with van der Waals surface area (Å²) in [5.74, 6) is 0.194. The largest absolute Gasteiger partial charge is 0.295 e. The number of rotatable bonds is 3. The molecule has 0 spiro atoms. The van der Waals surface area contributed by atoms with Gasteiger partial charge in [-0.1, -0.05) is 55.4 Å². The molecule has 0 amide bonds. The van der Waals surface area contributed by atoms with Crippen molar-refractivity contribution in [3.63, 3.8) is 0 Å². The van der Waals surface area contributed by atoms with Crippen molar-refractivity contribution in [3.8, 4) is 0 Å². The molecule has 0 radical (unpaired) electrons. The van der Waals surface area contributed by atoms with Crippen LogP contribution in [0.15, 0.2) is 47.1 Å². The molecule has 102 valence electrons. The predicted molar refractivity (Wildman–Crippen MR) is 80.4 cm³/mol. The van der Waals surface area contributed by atoms with Crippen molar-refractivity contribution < 1.29 is 4.79 Å². The van der Waals surface area contributed by atoms with E-state index in [1.54, 1.807) is 18.2 Å². The number of ketones is 1. The highest BCUT2D eigenvalue weighted by Crippen LogP contribution is 2.34. The third-order valence-electron chi connectivity index (χ3n) is 3.22. The standard InChI is InChI=1S/C16H17N3O/c1-16(2)10-13(9-15(20)11-16)4-3-12-5-7-14(8-6-12)18-19-17/h3-9H,10-11H2,1-2H3/b4-3+. The lowest BCUT2D eigenvalue weighted by molar-refractivity contribution is -0.116. The Labute approximate surface area is 118 Å². The molecule has 0 aliphatic heterocycles. The normalized spacial score (nSPS) is 17.7. The van der Waals surface area contributed by atoms with Crippen molar-refractivity contribution in [1.82, 2.24) is 0 Å². The minimum atomic E-state index is 0.0386. The lowest BCUT2D eigenvalue weighted by Gasteiger charge is -2.27. The Morgan fingerprint density at radius 1 is 1.20 bits per heavy atom.